The Bertz CT molecular complexity index is 1750. The quantitative estimate of drug-likeness (QED) is 0.174. The second-order valence-corrected chi connectivity index (χ2v) is 14.4. The molecule has 9 heteroatoms. The molecule has 1 N–H and O–H groups in total. The van der Waals surface area contributed by atoms with Crippen molar-refractivity contribution in [2.45, 2.75) is 75.9 Å². The Kier molecular flexibility index (Phi) is 11.5. The van der Waals surface area contributed by atoms with Gasteiger partial charge in [-0.15, -0.1) is 0 Å². The fourth-order valence-electron chi connectivity index (χ4n) is 6.10. The summed E-state index contributed by atoms with van der Waals surface area (Å²) in [6.45, 7) is 3.55. The van der Waals surface area contributed by atoms with Gasteiger partial charge in [0.05, 0.1) is 17.7 Å². The highest BCUT2D eigenvalue weighted by Crippen LogP contribution is 2.27. The van der Waals surface area contributed by atoms with Gasteiger partial charge < -0.3 is 15.0 Å². The lowest BCUT2D eigenvalue weighted by Crippen LogP contribution is -2.55. The Morgan fingerprint density at radius 1 is 0.792 bits per heavy atom. The molecule has 0 bridgehead atoms. The van der Waals surface area contributed by atoms with Crippen molar-refractivity contribution < 1.29 is 22.7 Å². The maximum absolute atomic E-state index is 14.7. The molecule has 0 saturated heterocycles. The van der Waals surface area contributed by atoms with Crippen molar-refractivity contribution in [3.8, 4) is 5.75 Å². The van der Waals surface area contributed by atoms with Crippen molar-refractivity contribution in [3.05, 3.63) is 125 Å². The van der Waals surface area contributed by atoms with E-state index in [0.29, 0.717) is 11.4 Å². The summed E-state index contributed by atoms with van der Waals surface area (Å²) in [5, 5.41) is 3.25. The minimum atomic E-state index is -4.20. The first kappa shape index (κ1) is 34.7. The predicted molar refractivity (Wildman–Crippen MR) is 189 cm³/mol. The average Bonchev–Trinajstić information content (AvgIpc) is 3.10. The molecule has 1 fully saturated rings. The number of aryl methyl sites for hydroxylation is 2. The zero-order valence-electron chi connectivity index (χ0n) is 28.0. The molecule has 4 aromatic rings. The SMILES string of the molecule is COc1ccc(S(=O)(=O)N(CC(=O)N(Cc2ccc(C)cc2)[C@@H](Cc2ccccc2)C(=O)NC2CCCCC2)c2ccc(C)cc2)cc1. The Morgan fingerprint density at radius 3 is 2.00 bits per heavy atom. The zero-order chi connectivity index (χ0) is 34.1. The molecule has 1 atom stereocenters. The maximum Gasteiger partial charge on any atom is 0.264 e. The van der Waals surface area contributed by atoms with E-state index in [4.69, 9.17) is 4.74 Å². The number of sulfonamides is 1. The number of carbonyl (C=O) groups excluding carboxylic acids is 2. The van der Waals surface area contributed by atoms with Crippen LogP contribution < -0.4 is 14.4 Å². The lowest BCUT2D eigenvalue weighted by molar-refractivity contribution is -0.140. The summed E-state index contributed by atoms with van der Waals surface area (Å²) in [4.78, 5) is 30.5. The molecule has 0 aromatic heterocycles. The van der Waals surface area contributed by atoms with Crippen molar-refractivity contribution in [3.63, 3.8) is 0 Å². The van der Waals surface area contributed by atoms with Gasteiger partial charge in [0.15, 0.2) is 0 Å². The van der Waals surface area contributed by atoms with Gasteiger partial charge >= 0.3 is 0 Å². The van der Waals surface area contributed by atoms with Gasteiger partial charge in [0.1, 0.15) is 18.3 Å². The van der Waals surface area contributed by atoms with Gasteiger partial charge in [-0.05, 0) is 74.2 Å². The van der Waals surface area contributed by atoms with E-state index >= 15 is 0 Å². The van der Waals surface area contributed by atoms with Crippen LogP contribution in [-0.2, 0) is 32.6 Å². The summed E-state index contributed by atoms with van der Waals surface area (Å²) < 4.78 is 34.9. The number of rotatable bonds is 13. The molecule has 5 rings (SSSR count). The van der Waals surface area contributed by atoms with Crippen LogP contribution in [0.1, 0.15) is 54.4 Å². The Hall–Kier alpha value is -4.63. The van der Waals surface area contributed by atoms with Crippen LogP contribution >= 0.6 is 0 Å². The van der Waals surface area contributed by atoms with Crippen molar-refractivity contribution in [1.82, 2.24) is 10.2 Å². The summed E-state index contributed by atoms with van der Waals surface area (Å²) in [7, 11) is -2.68. The number of anilines is 1. The number of ether oxygens (including phenoxy) is 1. The summed E-state index contributed by atoms with van der Waals surface area (Å²) in [6.07, 6.45) is 5.33. The van der Waals surface area contributed by atoms with Crippen LogP contribution in [-0.4, -0.2) is 50.9 Å². The molecule has 0 radical (unpaired) electrons. The third-order valence-electron chi connectivity index (χ3n) is 8.94. The van der Waals surface area contributed by atoms with Crippen LogP contribution in [0.15, 0.2) is 108 Å². The van der Waals surface area contributed by atoms with Crippen LogP contribution in [0.25, 0.3) is 0 Å². The standard InChI is InChI=1S/C39H45N3O5S/c1-29-14-18-32(19-15-29)27-41(37(26-31-10-6-4-7-11-31)39(44)40-33-12-8-5-9-13-33)38(43)28-42(34-20-16-30(2)17-21-34)48(45,46)36-24-22-35(47-3)23-25-36/h4,6-7,10-11,14-25,33,37H,5,8-9,12-13,26-28H2,1-3H3,(H,40,44)/t37-/m0/s1. The van der Waals surface area contributed by atoms with Gasteiger partial charge in [0.2, 0.25) is 11.8 Å². The molecule has 1 aliphatic rings. The molecule has 4 aromatic carbocycles. The van der Waals surface area contributed by atoms with E-state index in [-0.39, 0.29) is 29.8 Å². The molecule has 8 nitrogen and oxygen atoms in total. The summed E-state index contributed by atoms with van der Waals surface area (Å²) in [6, 6.07) is 29.8. The van der Waals surface area contributed by atoms with Crippen LogP contribution in [0, 0.1) is 13.8 Å². The van der Waals surface area contributed by atoms with E-state index < -0.39 is 28.5 Å². The lowest BCUT2D eigenvalue weighted by Gasteiger charge is -2.35. The largest absolute Gasteiger partial charge is 0.497 e. The smallest absolute Gasteiger partial charge is 0.264 e. The molecule has 1 saturated carbocycles. The van der Waals surface area contributed by atoms with Gasteiger partial charge in [-0.1, -0.05) is 97.1 Å². The number of carbonyl (C=O) groups is 2. The Morgan fingerprint density at radius 2 is 1.40 bits per heavy atom. The number of amides is 2. The summed E-state index contributed by atoms with van der Waals surface area (Å²) >= 11 is 0. The van der Waals surface area contributed by atoms with Gasteiger partial charge in [0.25, 0.3) is 10.0 Å². The summed E-state index contributed by atoms with van der Waals surface area (Å²) in [5.41, 5.74) is 4.13. The van der Waals surface area contributed by atoms with E-state index in [0.717, 1.165) is 58.7 Å². The highest BCUT2D eigenvalue weighted by Gasteiger charge is 2.35. The van der Waals surface area contributed by atoms with Gasteiger partial charge in [-0.25, -0.2) is 8.42 Å². The molecule has 2 amide bonds. The molecule has 1 aliphatic carbocycles. The molecule has 0 unspecified atom stereocenters. The number of methoxy groups -OCH3 is 1. The highest BCUT2D eigenvalue weighted by molar-refractivity contribution is 7.92. The minimum absolute atomic E-state index is 0.0256. The predicted octanol–water partition coefficient (Wildman–Crippen LogP) is 6.60. The van der Waals surface area contributed by atoms with Crippen LogP contribution in [0.3, 0.4) is 0 Å². The second-order valence-electron chi connectivity index (χ2n) is 12.6. The fraction of sp³-hybridized carbons (Fsp3) is 0.333. The van der Waals surface area contributed by atoms with E-state index in [2.05, 4.69) is 5.32 Å². The third kappa shape index (κ3) is 8.83. The average molecular weight is 668 g/mol. The second kappa shape index (κ2) is 16.0. The van der Waals surface area contributed by atoms with E-state index in [1.165, 1.54) is 19.2 Å². The van der Waals surface area contributed by atoms with Gasteiger partial charge in [-0.2, -0.15) is 0 Å². The molecule has 252 valence electrons. The van der Waals surface area contributed by atoms with Crippen molar-refractivity contribution in [2.24, 2.45) is 0 Å². The molecule has 0 aliphatic heterocycles. The zero-order valence-corrected chi connectivity index (χ0v) is 28.8. The molecular formula is C39H45N3O5S. The van der Waals surface area contributed by atoms with E-state index in [1.807, 2.05) is 80.6 Å². The van der Waals surface area contributed by atoms with Crippen LogP contribution in [0.5, 0.6) is 5.75 Å². The van der Waals surface area contributed by atoms with Crippen LogP contribution in [0.2, 0.25) is 0 Å². The topological polar surface area (TPSA) is 96.0 Å². The first-order valence-corrected chi connectivity index (χ1v) is 18.0. The number of hydrogen-bond acceptors (Lipinski definition) is 5. The van der Waals surface area contributed by atoms with E-state index in [1.54, 1.807) is 29.2 Å². The minimum Gasteiger partial charge on any atom is -0.497 e. The number of benzene rings is 4. The van der Waals surface area contributed by atoms with Crippen molar-refractivity contribution in [2.75, 3.05) is 18.0 Å². The van der Waals surface area contributed by atoms with Gasteiger partial charge in [-0.3, -0.25) is 13.9 Å². The Labute approximate surface area is 284 Å². The van der Waals surface area contributed by atoms with Crippen molar-refractivity contribution >= 4 is 27.5 Å². The number of nitrogens with zero attached hydrogens (tertiary/aromatic N) is 2. The highest BCUT2D eigenvalue weighted by atomic mass is 32.2. The normalized spacial score (nSPS) is 14.1. The monoisotopic (exact) mass is 667 g/mol. The number of nitrogens with one attached hydrogen (secondary N) is 1. The maximum atomic E-state index is 14.7. The molecule has 48 heavy (non-hydrogen) atoms. The lowest BCUT2D eigenvalue weighted by atomic mass is 9.94. The summed E-state index contributed by atoms with van der Waals surface area (Å²) in [5.74, 6) is -0.192. The molecular weight excluding hydrogens is 623 g/mol. The van der Waals surface area contributed by atoms with Crippen LogP contribution in [0.4, 0.5) is 5.69 Å². The Balaban J connectivity index is 1.55. The van der Waals surface area contributed by atoms with Gasteiger partial charge in [0, 0.05) is 19.0 Å². The molecule has 0 heterocycles. The first-order chi connectivity index (χ1) is 23.1. The van der Waals surface area contributed by atoms with Crippen molar-refractivity contribution in [1.29, 1.82) is 0 Å². The number of hydrogen-bond donors (Lipinski definition) is 1. The van der Waals surface area contributed by atoms with E-state index in [9.17, 15) is 18.0 Å². The third-order valence-corrected chi connectivity index (χ3v) is 10.7. The first-order valence-electron chi connectivity index (χ1n) is 16.6. The fourth-order valence-corrected chi connectivity index (χ4v) is 7.52. The molecule has 0 spiro atoms.